The molecule has 0 unspecified atom stereocenters. The van der Waals surface area contributed by atoms with Crippen LogP contribution in [-0.2, 0) is 4.74 Å². The fourth-order valence-corrected chi connectivity index (χ4v) is 3.43. The molecule has 1 aliphatic rings. The summed E-state index contributed by atoms with van der Waals surface area (Å²) >= 11 is 0. The van der Waals surface area contributed by atoms with Crippen LogP contribution >= 0.6 is 0 Å². The van der Waals surface area contributed by atoms with Crippen LogP contribution in [0.25, 0.3) is 22.2 Å². The molecule has 4 rings (SSSR count). The molecule has 5 heteroatoms. The van der Waals surface area contributed by atoms with E-state index in [0.29, 0.717) is 12.1 Å². The van der Waals surface area contributed by atoms with Crippen LogP contribution in [0.4, 0.5) is 5.82 Å². The van der Waals surface area contributed by atoms with E-state index in [1.54, 1.807) is 13.3 Å². The number of nitrogens with one attached hydrogen (secondary N) is 2. The highest BCUT2D eigenvalue weighted by Crippen LogP contribution is 2.26. The summed E-state index contributed by atoms with van der Waals surface area (Å²) in [7, 11) is 1.80. The monoisotopic (exact) mass is 322 g/mol. The average molecular weight is 322 g/mol. The van der Waals surface area contributed by atoms with Crippen molar-refractivity contribution in [2.24, 2.45) is 0 Å². The lowest BCUT2D eigenvalue weighted by Crippen LogP contribution is -2.29. The number of methoxy groups -OCH3 is 1. The molecule has 5 nitrogen and oxygen atoms in total. The molecule has 0 saturated heterocycles. The van der Waals surface area contributed by atoms with Crippen molar-refractivity contribution in [3.05, 3.63) is 42.9 Å². The summed E-state index contributed by atoms with van der Waals surface area (Å²) in [4.78, 5) is 12.2. The third-order valence-corrected chi connectivity index (χ3v) is 4.84. The molecule has 1 saturated carbocycles. The van der Waals surface area contributed by atoms with Gasteiger partial charge in [-0.25, -0.2) is 4.98 Å². The summed E-state index contributed by atoms with van der Waals surface area (Å²) in [5.74, 6) is 0.933. The minimum atomic E-state index is 0.420. The van der Waals surface area contributed by atoms with E-state index in [-0.39, 0.29) is 0 Å². The third kappa shape index (κ3) is 3.12. The van der Waals surface area contributed by atoms with Crippen molar-refractivity contribution in [1.82, 2.24) is 15.0 Å². The van der Waals surface area contributed by atoms with Crippen LogP contribution in [0.5, 0.6) is 0 Å². The van der Waals surface area contributed by atoms with Crippen LogP contribution in [0.1, 0.15) is 25.7 Å². The van der Waals surface area contributed by atoms with Crippen LogP contribution in [0.2, 0.25) is 0 Å². The summed E-state index contributed by atoms with van der Waals surface area (Å²) in [6.45, 7) is 0. The molecule has 3 heterocycles. The van der Waals surface area contributed by atoms with Crippen molar-refractivity contribution in [2.45, 2.75) is 37.8 Å². The summed E-state index contributed by atoms with van der Waals surface area (Å²) in [5, 5.41) is 4.68. The molecule has 0 aliphatic heterocycles. The van der Waals surface area contributed by atoms with Gasteiger partial charge < -0.3 is 15.0 Å². The number of hydrogen-bond donors (Lipinski definition) is 2. The highest BCUT2D eigenvalue weighted by molar-refractivity contribution is 5.86. The van der Waals surface area contributed by atoms with Gasteiger partial charge in [0.05, 0.1) is 11.6 Å². The molecule has 24 heavy (non-hydrogen) atoms. The fraction of sp³-hybridized carbons (Fsp3) is 0.368. The number of aromatic amines is 1. The van der Waals surface area contributed by atoms with Crippen molar-refractivity contribution in [3.63, 3.8) is 0 Å². The topological polar surface area (TPSA) is 62.8 Å². The van der Waals surface area contributed by atoms with Crippen LogP contribution in [-0.4, -0.2) is 34.2 Å². The Morgan fingerprint density at radius 3 is 2.79 bits per heavy atom. The van der Waals surface area contributed by atoms with Crippen LogP contribution < -0.4 is 5.32 Å². The molecule has 3 aromatic rings. The van der Waals surface area contributed by atoms with Crippen LogP contribution in [0, 0.1) is 0 Å². The first-order valence-electron chi connectivity index (χ1n) is 8.50. The minimum Gasteiger partial charge on any atom is -0.381 e. The Labute approximate surface area is 141 Å². The second kappa shape index (κ2) is 6.61. The van der Waals surface area contributed by atoms with Crippen LogP contribution in [0.3, 0.4) is 0 Å². The number of H-pyrrole nitrogens is 1. The number of aromatic nitrogens is 3. The molecule has 0 aromatic carbocycles. The van der Waals surface area contributed by atoms with Gasteiger partial charge in [-0.2, -0.15) is 0 Å². The lowest BCUT2D eigenvalue weighted by molar-refractivity contribution is 0.0681. The summed E-state index contributed by atoms with van der Waals surface area (Å²) in [6.07, 6.45) is 10.5. The Morgan fingerprint density at radius 1 is 1.17 bits per heavy atom. The van der Waals surface area contributed by atoms with Gasteiger partial charge in [0, 0.05) is 54.5 Å². The Balaban J connectivity index is 1.51. The van der Waals surface area contributed by atoms with Gasteiger partial charge >= 0.3 is 0 Å². The van der Waals surface area contributed by atoms with E-state index in [4.69, 9.17) is 4.74 Å². The molecular formula is C19H22N4O. The largest absolute Gasteiger partial charge is 0.381 e. The smallest absolute Gasteiger partial charge is 0.128 e. The Morgan fingerprint density at radius 2 is 2.04 bits per heavy atom. The van der Waals surface area contributed by atoms with E-state index < -0.39 is 0 Å². The minimum absolute atomic E-state index is 0.420. The second-order valence-electron chi connectivity index (χ2n) is 6.44. The zero-order valence-electron chi connectivity index (χ0n) is 13.8. The zero-order valence-corrected chi connectivity index (χ0v) is 13.8. The SMILES string of the molecule is CO[C@H]1CC[C@@H](Nc2cc3[nH]c(-c4cccnc4)cc3cn2)CC1. The van der Waals surface area contributed by atoms with E-state index in [1.165, 1.54) is 0 Å². The maximum Gasteiger partial charge on any atom is 0.128 e. The number of hydrogen-bond acceptors (Lipinski definition) is 4. The second-order valence-corrected chi connectivity index (χ2v) is 6.44. The van der Waals surface area contributed by atoms with Crippen molar-refractivity contribution >= 4 is 16.7 Å². The van der Waals surface area contributed by atoms with Gasteiger partial charge in [-0.1, -0.05) is 0 Å². The predicted octanol–water partition coefficient (Wildman–Crippen LogP) is 3.99. The van der Waals surface area contributed by atoms with Crippen molar-refractivity contribution in [2.75, 3.05) is 12.4 Å². The number of pyridine rings is 2. The molecule has 0 radical (unpaired) electrons. The first-order valence-corrected chi connectivity index (χ1v) is 8.50. The standard InChI is InChI=1S/C19H22N4O/c1-24-16-6-4-15(5-7-16)22-19-10-18-14(12-21-19)9-17(23-18)13-3-2-8-20-11-13/h2-3,8-12,15-16,23H,4-7H2,1H3,(H,21,22)/t15-,16+. The number of rotatable bonds is 4. The molecule has 0 atom stereocenters. The maximum absolute atomic E-state index is 5.44. The van der Waals surface area contributed by atoms with Gasteiger partial charge in [-0.3, -0.25) is 4.98 Å². The average Bonchev–Trinajstić information content (AvgIpc) is 3.06. The molecule has 0 bridgehead atoms. The molecule has 1 aliphatic carbocycles. The zero-order chi connectivity index (χ0) is 16.4. The Kier molecular flexibility index (Phi) is 4.17. The first kappa shape index (κ1) is 15.1. The highest BCUT2D eigenvalue weighted by Gasteiger charge is 2.21. The number of nitrogens with zero attached hydrogens (tertiary/aromatic N) is 2. The number of fused-ring (bicyclic) bond motifs is 1. The molecular weight excluding hydrogens is 300 g/mol. The lowest BCUT2D eigenvalue weighted by atomic mass is 9.93. The number of ether oxygens (including phenoxy) is 1. The first-order chi connectivity index (χ1) is 11.8. The van der Waals surface area contributed by atoms with Crippen molar-refractivity contribution in [3.8, 4) is 11.3 Å². The normalized spacial score (nSPS) is 21.0. The summed E-state index contributed by atoms with van der Waals surface area (Å²) in [6, 6.07) is 8.69. The summed E-state index contributed by atoms with van der Waals surface area (Å²) < 4.78 is 5.44. The Hall–Kier alpha value is -2.40. The van der Waals surface area contributed by atoms with Gasteiger partial charge in [0.25, 0.3) is 0 Å². The lowest BCUT2D eigenvalue weighted by Gasteiger charge is -2.28. The van der Waals surface area contributed by atoms with E-state index in [0.717, 1.165) is 53.7 Å². The quantitative estimate of drug-likeness (QED) is 0.762. The third-order valence-electron chi connectivity index (χ3n) is 4.84. The molecule has 0 amide bonds. The van der Waals surface area contributed by atoms with Crippen molar-refractivity contribution < 1.29 is 4.74 Å². The van der Waals surface area contributed by atoms with E-state index in [2.05, 4.69) is 38.5 Å². The highest BCUT2D eigenvalue weighted by atomic mass is 16.5. The summed E-state index contributed by atoms with van der Waals surface area (Å²) in [5.41, 5.74) is 3.25. The van der Waals surface area contributed by atoms with E-state index in [1.807, 2.05) is 18.5 Å². The van der Waals surface area contributed by atoms with Crippen LogP contribution in [0.15, 0.2) is 42.9 Å². The molecule has 3 aromatic heterocycles. The predicted molar refractivity (Wildman–Crippen MR) is 96.0 cm³/mol. The van der Waals surface area contributed by atoms with Gasteiger partial charge in [0.15, 0.2) is 0 Å². The number of anilines is 1. The van der Waals surface area contributed by atoms with Gasteiger partial charge in [-0.05, 0) is 43.9 Å². The molecule has 0 spiro atoms. The van der Waals surface area contributed by atoms with Crippen molar-refractivity contribution in [1.29, 1.82) is 0 Å². The molecule has 2 N–H and O–H groups in total. The van der Waals surface area contributed by atoms with E-state index >= 15 is 0 Å². The maximum atomic E-state index is 5.44. The van der Waals surface area contributed by atoms with E-state index in [9.17, 15) is 0 Å². The van der Waals surface area contributed by atoms with Gasteiger partial charge in [0.1, 0.15) is 5.82 Å². The fourth-order valence-electron chi connectivity index (χ4n) is 3.43. The Bertz CT molecular complexity index is 807. The molecule has 124 valence electrons. The van der Waals surface area contributed by atoms with Gasteiger partial charge in [0.2, 0.25) is 0 Å². The van der Waals surface area contributed by atoms with Gasteiger partial charge in [-0.15, -0.1) is 0 Å². The molecule has 1 fully saturated rings.